The molecule has 1 atom stereocenters. The monoisotopic (exact) mass is 237 g/mol. The molecule has 0 saturated heterocycles. The second-order valence-electron chi connectivity index (χ2n) is 4.08. The zero-order chi connectivity index (χ0) is 12.5. The van der Waals surface area contributed by atoms with Crippen LogP contribution >= 0.6 is 0 Å². The summed E-state index contributed by atoms with van der Waals surface area (Å²) in [6.07, 6.45) is 2.45. The maximum Gasteiger partial charge on any atom is 0.119 e. The summed E-state index contributed by atoms with van der Waals surface area (Å²) < 4.78 is 11.2. The van der Waals surface area contributed by atoms with Gasteiger partial charge in [-0.15, -0.1) is 0 Å². The van der Waals surface area contributed by atoms with Gasteiger partial charge in [0, 0.05) is 0 Å². The average molecular weight is 237 g/mol. The molecule has 0 aliphatic heterocycles. The standard InChI is InChI=1S/C14H23NO2/c1-4-16-13-7-9-14(10-8-13)17-12(2)6-5-11-15-3/h7-10,12,15H,4-6,11H2,1-3H3. The molecule has 0 aliphatic carbocycles. The van der Waals surface area contributed by atoms with Crippen LogP contribution < -0.4 is 14.8 Å². The smallest absolute Gasteiger partial charge is 0.119 e. The molecule has 0 bridgehead atoms. The van der Waals surface area contributed by atoms with Crippen molar-refractivity contribution in [3.63, 3.8) is 0 Å². The van der Waals surface area contributed by atoms with E-state index in [9.17, 15) is 0 Å². The number of ether oxygens (including phenoxy) is 2. The topological polar surface area (TPSA) is 30.5 Å². The molecule has 3 heteroatoms. The van der Waals surface area contributed by atoms with Gasteiger partial charge in [0.15, 0.2) is 0 Å². The molecule has 1 N–H and O–H groups in total. The van der Waals surface area contributed by atoms with E-state index >= 15 is 0 Å². The highest BCUT2D eigenvalue weighted by atomic mass is 16.5. The summed E-state index contributed by atoms with van der Waals surface area (Å²) >= 11 is 0. The average Bonchev–Trinajstić information content (AvgIpc) is 2.32. The lowest BCUT2D eigenvalue weighted by Gasteiger charge is -2.14. The van der Waals surface area contributed by atoms with E-state index < -0.39 is 0 Å². The normalized spacial score (nSPS) is 12.2. The van der Waals surface area contributed by atoms with Gasteiger partial charge in [0.2, 0.25) is 0 Å². The molecular formula is C14H23NO2. The van der Waals surface area contributed by atoms with Crippen molar-refractivity contribution < 1.29 is 9.47 Å². The summed E-state index contributed by atoms with van der Waals surface area (Å²) in [5, 5.41) is 3.14. The fourth-order valence-electron chi connectivity index (χ4n) is 1.64. The van der Waals surface area contributed by atoms with Gasteiger partial charge in [-0.25, -0.2) is 0 Å². The van der Waals surface area contributed by atoms with Crippen molar-refractivity contribution in [2.24, 2.45) is 0 Å². The van der Waals surface area contributed by atoms with Crippen molar-refractivity contribution in [1.82, 2.24) is 5.32 Å². The van der Waals surface area contributed by atoms with Crippen LogP contribution in [-0.2, 0) is 0 Å². The largest absolute Gasteiger partial charge is 0.494 e. The molecule has 0 heterocycles. The zero-order valence-electron chi connectivity index (χ0n) is 11.0. The van der Waals surface area contributed by atoms with Crippen LogP contribution in [0.4, 0.5) is 0 Å². The zero-order valence-corrected chi connectivity index (χ0v) is 11.0. The minimum atomic E-state index is 0.251. The van der Waals surface area contributed by atoms with Gasteiger partial charge >= 0.3 is 0 Å². The van der Waals surface area contributed by atoms with Crippen molar-refractivity contribution in [1.29, 1.82) is 0 Å². The summed E-state index contributed by atoms with van der Waals surface area (Å²) in [7, 11) is 1.97. The van der Waals surface area contributed by atoms with Crippen molar-refractivity contribution in [2.75, 3.05) is 20.2 Å². The van der Waals surface area contributed by atoms with E-state index in [2.05, 4.69) is 12.2 Å². The third kappa shape index (κ3) is 5.59. The third-order valence-corrected chi connectivity index (χ3v) is 2.51. The highest BCUT2D eigenvalue weighted by molar-refractivity contribution is 5.31. The quantitative estimate of drug-likeness (QED) is 0.705. The molecule has 0 fully saturated rings. The molecule has 96 valence electrons. The fourth-order valence-corrected chi connectivity index (χ4v) is 1.64. The Morgan fingerprint density at radius 2 is 1.82 bits per heavy atom. The second kappa shape index (κ2) is 7.96. The lowest BCUT2D eigenvalue weighted by molar-refractivity contribution is 0.207. The van der Waals surface area contributed by atoms with E-state index in [0.29, 0.717) is 6.61 Å². The first-order chi connectivity index (χ1) is 8.26. The SMILES string of the molecule is CCOc1ccc(OC(C)CCCNC)cc1. The first kappa shape index (κ1) is 13.8. The van der Waals surface area contributed by atoms with E-state index in [1.807, 2.05) is 38.2 Å². The highest BCUT2D eigenvalue weighted by Gasteiger charge is 2.03. The lowest BCUT2D eigenvalue weighted by atomic mass is 10.2. The van der Waals surface area contributed by atoms with Gasteiger partial charge in [0.05, 0.1) is 12.7 Å². The van der Waals surface area contributed by atoms with Crippen molar-refractivity contribution in [3.05, 3.63) is 24.3 Å². The summed E-state index contributed by atoms with van der Waals surface area (Å²) in [6, 6.07) is 7.80. The first-order valence-corrected chi connectivity index (χ1v) is 6.30. The number of benzene rings is 1. The Morgan fingerprint density at radius 1 is 1.18 bits per heavy atom. The van der Waals surface area contributed by atoms with Crippen LogP contribution in [0.5, 0.6) is 11.5 Å². The Hall–Kier alpha value is -1.22. The molecule has 0 amide bonds. The van der Waals surface area contributed by atoms with E-state index in [1.165, 1.54) is 0 Å². The van der Waals surface area contributed by atoms with E-state index in [4.69, 9.17) is 9.47 Å². The van der Waals surface area contributed by atoms with Crippen LogP contribution in [0.25, 0.3) is 0 Å². The third-order valence-electron chi connectivity index (χ3n) is 2.51. The van der Waals surface area contributed by atoms with Crippen LogP contribution in [0, 0.1) is 0 Å². The molecule has 3 nitrogen and oxygen atoms in total. The van der Waals surface area contributed by atoms with Crippen LogP contribution in [0.1, 0.15) is 26.7 Å². The summed E-state index contributed by atoms with van der Waals surface area (Å²) in [5.74, 6) is 1.80. The number of nitrogens with one attached hydrogen (secondary N) is 1. The Balaban J connectivity index is 2.34. The lowest BCUT2D eigenvalue weighted by Crippen LogP contribution is -2.15. The van der Waals surface area contributed by atoms with Crippen molar-refractivity contribution in [3.8, 4) is 11.5 Å². The van der Waals surface area contributed by atoms with Gasteiger partial charge < -0.3 is 14.8 Å². The van der Waals surface area contributed by atoms with Gasteiger partial charge in [-0.1, -0.05) is 0 Å². The van der Waals surface area contributed by atoms with Crippen LogP contribution in [0.15, 0.2) is 24.3 Å². The number of rotatable bonds is 8. The Morgan fingerprint density at radius 3 is 2.41 bits per heavy atom. The molecule has 1 unspecified atom stereocenters. The predicted octanol–water partition coefficient (Wildman–Crippen LogP) is 2.85. The minimum absolute atomic E-state index is 0.251. The molecule has 0 radical (unpaired) electrons. The van der Waals surface area contributed by atoms with Crippen molar-refractivity contribution >= 4 is 0 Å². The predicted molar refractivity (Wildman–Crippen MR) is 70.9 cm³/mol. The molecule has 0 saturated carbocycles. The van der Waals surface area contributed by atoms with Crippen LogP contribution in [0.3, 0.4) is 0 Å². The number of hydrogen-bond donors (Lipinski definition) is 1. The van der Waals surface area contributed by atoms with Gasteiger partial charge in [-0.2, -0.15) is 0 Å². The molecule has 1 aromatic rings. The summed E-state index contributed by atoms with van der Waals surface area (Å²) in [4.78, 5) is 0. The molecular weight excluding hydrogens is 214 g/mol. The Labute approximate surface area is 104 Å². The van der Waals surface area contributed by atoms with Gasteiger partial charge in [0.1, 0.15) is 11.5 Å². The molecule has 1 rings (SSSR count). The molecule has 0 spiro atoms. The van der Waals surface area contributed by atoms with Crippen LogP contribution in [0.2, 0.25) is 0 Å². The van der Waals surface area contributed by atoms with Gasteiger partial charge in [-0.05, 0) is 64.5 Å². The Kier molecular flexibility index (Phi) is 6.48. The van der Waals surface area contributed by atoms with Gasteiger partial charge in [0.25, 0.3) is 0 Å². The highest BCUT2D eigenvalue weighted by Crippen LogP contribution is 2.19. The fraction of sp³-hybridized carbons (Fsp3) is 0.571. The summed E-state index contributed by atoms with van der Waals surface area (Å²) in [6.45, 7) is 5.82. The van der Waals surface area contributed by atoms with Gasteiger partial charge in [-0.3, -0.25) is 0 Å². The van der Waals surface area contributed by atoms with Crippen LogP contribution in [-0.4, -0.2) is 26.3 Å². The molecule has 0 aromatic heterocycles. The first-order valence-electron chi connectivity index (χ1n) is 6.30. The maximum atomic E-state index is 5.81. The second-order valence-corrected chi connectivity index (χ2v) is 4.08. The maximum absolute atomic E-state index is 5.81. The van der Waals surface area contributed by atoms with E-state index in [1.54, 1.807) is 0 Å². The van der Waals surface area contributed by atoms with Crippen molar-refractivity contribution in [2.45, 2.75) is 32.8 Å². The van der Waals surface area contributed by atoms with E-state index in [-0.39, 0.29) is 6.10 Å². The molecule has 17 heavy (non-hydrogen) atoms. The summed E-state index contributed by atoms with van der Waals surface area (Å²) in [5.41, 5.74) is 0. The van der Waals surface area contributed by atoms with E-state index in [0.717, 1.165) is 30.9 Å². The number of hydrogen-bond acceptors (Lipinski definition) is 3. The molecule has 0 aliphatic rings. The molecule has 1 aromatic carbocycles. The minimum Gasteiger partial charge on any atom is -0.494 e. The Bertz CT molecular complexity index is 298.